The van der Waals surface area contributed by atoms with Gasteiger partial charge >= 0.3 is 0 Å². The Morgan fingerprint density at radius 1 is 1.11 bits per heavy atom. The van der Waals surface area contributed by atoms with Crippen molar-refractivity contribution in [2.45, 2.75) is 44.0 Å². The van der Waals surface area contributed by atoms with Crippen LogP contribution in [0.15, 0.2) is 29.2 Å². The molecule has 0 radical (unpaired) electrons. The molecule has 1 fully saturated rings. The second-order valence-corrected chi connectivity index (χ2v) is 9.80. The molecule has 0 saturated heterocycles. The number of rotatable bonds is 4. The first-order valence-electron chi connectivity index (χ1n) is 9.02. The number of nitrogens with one attached hydrogen (secondary N) is 3. The summed E-state index contributed by atoms with van der Waals surface area (Å²) in [6.07, 6.45) is 3.46. The Labute approximate surface area is 166 Å². The molecule has 3 N–H and O–H groups in total. The highest BCUT2D eigenvalue weighted by Gasteiger charge is 2.27. The summed E-state index contributed by atoms with van der Waals surface area (Å²) in [4.78, 5) is 12.4. The van der Waals surface area contributed by atoms with Crippen molar-refractivity contribution in [2.75, 3.05) is 14.1 Å². The van der Waals surface area contributed by atoms with Crippen LogP contribution in [0.2, 0.25) is 0 Å². The zero-order valence-electron chi connectivity index (χ0n) is 16.2. The Morgan fingerprint density at radius 2 is 1.74 bits per heavy atom. The molecule has 0 bridgehead atoms. The molecule has 0 spiro atoms. The standard InChI is InChI=1S/C18H28N4O3S2/c1-12-6-5-7-16(13(12)2)19-18(26)21-20-17(23)14-8-10-15(11-9-14)27(24,25)22(3)4/h8-13,16H,5-7H2,1-4H3,(H,20,23)(H2,19,21,26)/t12-,13+,16+/m0/s1. The summed E-state index contributed by atoms with van der Waals surface area (Å²) >= 11 is 5.27. The molecule has 0 aromatic heterocycles. The average molecular weight is 413 g/mol. The normalized spacial score (nSPS) is 22.9. The van der Waals surface area contributed by atoms with Gasteiger partial charge in [-0.3, -0.25) is 15.6 Å². The lowest BCUT2D eigenvalue weighted by molar-refractivity contribution is 0.0943. The fourth-order valence-corrected chi connectivity index (χ4v) is 4.27. The highest BCUT2D eigenvalue weighted by Crippen LogP contribution is 2.29. The zero-order chi connectivity index (χ0) is 20.2. The van der Waals surface area contributed by atoms with Crippen LogP contribution in [0.4, 0.5) is 0 Å². The van der Waals surface area contributed by atoms with Gasteiger partial charge in [-0.1, -0.05) is 26.7 Å². The molecule has 1 aromatic rings. The summed E-state index contributed by atoms with van der Waals surface area (Å²) in [6.45, 7) is 4.46. The van der Waals surface area contributed by atoms with Gasteiger partial charge in [0, 0.05) is 25.7 Å². The van der Waals surface area contributed by atoms with Crippen LogP contribution in [0.5, 0.6) is 0 Å². The fraction of sp³-hybridized carbons (Fsp3) is 0.556. The third kappa shape index (κ3) is 5.40. The van der Waals surface area contributed by atoms with Crippen molar-refractivity contribution in [3.63, 3.8) is 0 Å². The molecule has 1 aromatic carbocycles. The van der Waals surface area contributed by atoms with Crippen LogP contribution in [-0.2, 0) is 10.0 Å². The van der Waals surface area contributed by atoms with E-state index in [2.05, 4.69) is 30.0 Å². The van der Waals surface area contributed by atoms with Crippen molar-refractivity contribution in [2.24, 2.45) is 11.8 Å². The van der Waals surface area contributed by atoms with E-state index in [9.17, 15) is 13.2 Å². The van der Waals surface area contributed by atoms with E-state index in [1.807, 2.05) is 0 Å². The third-order valence-corrected chi connectivity index (χ3v) is 7.26. The lowest BCUT2D eigenvalue weighted by Gasteiger charge is -2.35. The zero-order valence-corrected chi connectivity index (χ0v) is 17.8. The quantitative estimate of drug-likeness (QED) is 0.517. The second kappa shape index (κ2) is 8.99. The van der Waals surface area contributed by atoms with E-state index >= 15 is 0 Å². The highest BCUT2D eigenvalue weighted by molar-refractivity contribution is 7.89. The first-order valence-corrected chi connectivity index (χ1v) is 10.9. The van der Waals surface area contributed by atoms with Gasteiger partial charge in [0.25, 0.3) is 5.91 Å². The molecule has 9 heteroatoms. The molecular weight excluding hydrogens is 384 g/mol. The Balaban J connectivity index is 1.89. The molecule has 1 saturated carbocycles. The summed E-state index contributed by atoms with van der Waals surface area (Å²) in [5.74, 6) is 0.768. The van der Waals surface area contributed by atoms with E-state index in [0.29, 0.717) is 28.6 Å². The summed E-state index contributed by atoms with van der Waals surface area (Å²) in [6, 6.07) is 6.04. The van der Waals surface area contributed by atoms with Gasteiger partial charge in [0.05, 0.1) is 4.90 Å². The van der Waals surface area contributed by atoms with E-state index in [-0.39, 0.29) is 4.90 Å². The molecule has 1 amide bonds. The van der Waals surface area contributed by atoms with Crippen LogP contribution in [0.1, 0.15) is 43.5 Å². The van der Waals surface area contributed by atoms with Crippen molar-refractivity contribution in [1.29, 1.82) is 0 Å². The third-order valence-electron chi connectivity index (χ3n) is 5.21. The summed E-state index contributed by atoms with van der Waals surface area (Å²) in [5, 5.41) is 3.64. The number of hydrogen-bond acceptors (Lipinski definition) is 4. The summed E-state index contributed by atoms with van der Waals surface area (Å²) < 4.78 is 25.2. The topological polar surface area (TPSA) is 90.5 Å². The van der Waals surface area contributed by atoms with Gasteiger partial charge in [-0.25, -0.2) is 12.7 Å². The molecule has 1 aliphatic carbocycles. The number of sulfonamides is 1. The molecule has 0 heterocycles. The average Bonchev–Trinajstić information content (AvgIpc) is 2.63. The number of nitrogens with zero attached hydrogens (tertiary/aromatic N) is 1. The largest absolute Gasteiger partial charge is 0.358 e. The van der Waals surface area contributed by atoms with E-state index in [4.69, 9.17) is 12.2 Å². The number of carbonyl (C=O) groups is 1. The first kappa shape index (κ1) is 21.6. The molecule has 7 nitrogen and oxygen atoms in total. The maximum atomic E-state index is 12.2. The molecule has 1 aliphatic rings. The van der Waals surface area contributed by atoms with Gasteiger partial charge in [0.2, 0.25) is 10.0 Å². The van der Waals surface area contributed by atoms with Crippen LogP contribution < -0.4 is 16.2 Å². The maximum Gasteiger partial charge on any atom is 0.269 e. The van der Waals surface area contributed by atoms with Gasteiger partial charge < -0.3 is 5.32 Å². The van der Waals surface area contributed by atoms with Gasteiger partial charge in [-0.15, -0.1) is 0 Å². The molecule has 150 valence electrons. The lowest BCUT2D eigenvalue weighted by atomic mass is 9.78. The maximum absolute atomic E-state index is 12.2. The van der Waals surface area contributed by atoms with Crippen LogP contribution in [0, 0.1) is 11.8 Å². The minimum absolute atomic E-state index is 0.134. The highest BCUT2D eigenvalue weighted by atomic mass is 32.2. The molecule has 3 atom stereocenters. The van der Waals surface area contributed by atoms with Crippen LogP contribution in [0.3, 0.4) is 0 Å². The van der Waals surface area contributed by atoms with Gasteiger partial charge in [-0.05, 0) is 54.7 Å². The Kier molecular flexibility index (Phi) is 7.19. The fourth-order valence-electron chi connectivity index (χ4n) is 3.16. The molecular formula is C18H28N4O3S2. The van der Waals surface area contributed by atoms with E-state index in [1.54, 1.807) is 0 Å². The van der Waals surface area contributed by atoms with Crippen molar-refractivity contribution < 1.29 is 13.2 Å². The van der Waals surface area contributed by atoms with Gasteiger partial charge in [0.1, 0.15) is 0 Å². The van der Waals surface area contributed by atoms with Crippen molar-refractivity contribution in [3.05, 3.63) is 29.8 Å². The molecule has 0 aliphatic heterocycles. The molecule has 27 heavy (non-hydrogen) atoms. The van der Waals surface area contributed by atoms with E-state index in [0.717, 1.165) is 10.7 Å². The SMILES string of the molecule is C[C@@H]1[C@@H](C)CCC[C@H]1NC(=S)NNC(=O)c1ccc(S(=O)(=O)N(C)C)cc1. The smallest absolute Gasteiger partial charge is 0.269 e. The number of carbonyl (C=O) groups excluding carboxylic acids is 1. The minimum Gasteiger partial charge on any atom is -0.358 e. The Bertz CT molecular complexity index is 778. The van der Waals surface area contributed by atoms with Gasteiger partial charge in [-0.2, -0.15) is 0 Å². The first-order chi connectivity index (χ1) is 12.6. The molecule has 0 unspecified atom stereocenters. The van der Waals surface area contributed by atoms with Crippen molar-refractivity contribution in [3.8, 4) is 0 Å². The summed E-state index contributed by atoms with van der Waals surface area (Å²) in [7, 11) is -0.596. The van der Waals surface area contributed by atoms with Crippen LogP contribution >= 0.6 is 12.2 Å². The predicted molar refractivity (Wildman–Crippen MR) is 110 cm³/mol. The Morgan fingerprint density at radius 3 is 2.33 bits per heavy atom. The lowest BCUT2D eigenvalue weighted by Crippen LogP contribution is -2.52. The van der Waals surface area contributed by atoms with Crippen LogP contribution in [-0.4, -0.2) is 43.9 Å². The number of amides is 1. The Hall–Kier alpha value is -1.71. The number of thiocarbonyl (C=S) groups is 1. The van der Waals surface area contributed by atoms with Crippen molar-refractivity contribution in [1.82, 2.24) is 20.5 Å². The number of benzene rings is 1. The predicted octanol–water partition coefficient (Wildman–Crippen LogP) is 1.87. The minimum atomic E-state index is -3.52. The molecule has 2 rings (SSSR count). The van der Waals surface area contributed by atoms with Crippen LogP contribution in [0.25, 0.3) is 0 Å². The monoisotopic (exact) mass is 412 g/mol. The van der Waals surface area contributed by atoms with E-state index in [1.165, 1.54) is 51.2 Å². The second-order valence-electron chi connectivity index (χ2n) is 7.24. The van der Waals surface area contributed by atoms with Crippen molar-refractivity contribution >= 4 is 33.3 Å². The number of hydrazine groups is 1. The van der Waals surface area contributed by atoms with Gasteiger partial charge in [0.15, 0.2) is 5.11 Å². The summed E-state index contributed by atoms with van der Waals surface area (Å²) in [5.41, 5.74) is 5.60. The van der Waals surface area contributed by atoms with E-state index < -0.39 is 15.9 Å². The number of hydrogen-bond donors (Lipinski definition) is 3.